The molecule has 2 aliphatic heterocycles. The normalized spacial score (nSPS) is 18.3. The fourth-order valence-corrected chi connectivity index (χ4v) is 3.56. The fourth-order valence-electron chi connectivity index (χ4n) is 3.56. The zero-order chi connectivity index (χ0) is 20.6. The lowest BCUT2D eigenvalue weighted by molar-refractivity contribution is 0.0219. The number of carbonyl (C=O) groups excluding carboxylic acids is 1. The van der Waals surface area contributed by atoms with Gasteiger partial charge in [0.2, 0.25) is 5.88 Å². The number of carbonyl (C=O) groups is 1. The number of rotatable bonds is 2. The summed E-state index contributed by atoms with van der Waals surface area (Å²) in [6.07, 6.45) is 10.8. The quantitative estimate of drug-likeness (QED) is 0.823. The first-order chi connectivity index (χ1) is 13.8. The predicted octanol–water partition coefficient (Wildman–Crippen LogP) is 3.75. The molecule has 2 bridgehead atoms. The van der Waals surface area contributed by atoms with E-state index in [1.807, 2.05) is 45.9 Å². The van der Waals surface area contributed by atoms with Crippen molar-refractivity contribution in [2.24, 2.45) is 0 Å². The van der Waals surface area contributed by atoms with Crippen molar-refractivity contribution in [2.75, 3.05) is 6.54 Å². The summed E-state index contributed by atoms with van der Waals surface area (Å²) in [7, 11) is 0. The van der Waals surface area contributed by atoms with Gasteiger partial charge >= 0.3 is 6.09 Å². The Morgan fingerprint density at radius 1 is 1.21 bits per heavy atom. The molecule has 0 saturated heterocycles. The minimum atomic E-state index is -0.523. The van der Waals surface area contributed by atoms with Gasteiger partial charge in [-0.05, 0) is 64.0 Å². The summed E-state index contributed by atoms with van der Waals surface area (Å²) in [5.41, 5.74) is 4.66. The Hall–Kier alpha value is -3.09. The van der Waals surface area contributed by atoms with Gasteiger partial charge in [-0.25, -0.2) is 14.8 Å². The highest BCUT2D eigenvalue weighted by Gasteiger charge is 2.28. The predicted molar refractivity (Wildman–Crippen MR) is 109 cm³/mol. The van der Waals surface area contributed by atoms with E-state index in [9.17, 15) is 4.79 Å². The molecule has 1 aromatic rings. The number of ether oxygens (including phenoxy) is 2. The fraction of sp³-hybridized carbons (Fsp3) is 0.409. The molecule has 1 amide bonds. The van der Waals surface area contributed by atoms with Gasteiger partial charge in [0.25, 0.3) is 0 Å². The smallest absolute Gasteiger partial charge is 0.410 e. The number of allylic oxidation sites excluding steroid dienone is 6. The van der Waals surface area contributed by atoms with Crippen LogP contribution in [0, 0.1) is 0 Å². The second-order valence-electron chi connectivity index (χ2n) is 8.47. The SMILES string of the molecule is CC1=CC2=CC(Oc3ncnc4c3CCN(C(=O)OC(C)(C)C)C4)=CC=C(C2)N1. The van der Waals surface area contributed by atoms with E-state index < -0.39 is 5.60 Å². The minimum Gasteiger partial charge on any atom is -0.444 e. The highest BCUT2D eigenvalue weighted by atomic mass is 16.6. The van der Waals surface area contributed by atoms with Crippen molar-refractivity contribution in [2.45, 2.75) is 52.7 Å². The highest BCUT2D eigenvalue weighted by molar-refractivity contribution is 5.68. The molecule has 1 N–H and O–H groups in total. The molecule has 0 fully saturated rings. The molecule has 0 unspecified atom stereocenters. The third kappa shape index (κ3) is 4.50. The number of fused-ring (bicyclic) bond motifs is 3. The van der Waals surface area contributed by atoms with E-state index in [4.69, 9.17) is 9.47 Å². The van der Waals surface area contributed by atoms with E-state index in [1.165, 1.54) is 11.9 Å². The maximum absolute atomic E-state index is 12.4. The molecule has 0 atom stereocenters. The largest absolute Gasteiger partial charge is 0.444 e. The van der Waals surface area contributed by atoms with Crippen molar-refractivity contribution in [3.05, 3.63) is 64.6 Å². The summed E-state index contributed by atoms with van der Waals surface area (Å²) in [6.45, 7) is 8.57. The Labute approximate surface area is 170 Å². The van der Waals surface area contributed by atoms with Crippen molar-refractivity contribution < 1.29 is 14.3 Å². The van der Waals surface area contributed by atoms with Crippen LogP contribution in [0.15, 0.2) is 53.4 Å². The Bertz CT molecular complexity index is 967. The van der Waals surface area contributed by atoms with Gasteiger partial charge in [-0.2, -0.15) is 0 Å². The maximum atomic E-state index is 12.4. The summed E-state index contributed by atoms with van der Waals surface area (Å²) >= 11 is 0. The molecule has 0 spiro atoms. The minimum absolute atomic E-state index is 0.325. The lowest BCUT2D eigenvalue weighted by Gasteiger charge is -2.30. The van der Waals surface area contributed by atoms with Gasteiger partial charge in [-0.15, -0.1) is 0 Å². The first-order valence-electron chi connectivity index (χ1n) is 9.82. The molecular formula is C22H26N4O3. The van der Waals surface area contributed by atoms with Crippen LogP contribution in [0.1, 0.15) is 45.4 Å². The van der Waals surface area contributed by atoms with Crippen LogP contribution in [0.2, 0.25) is 0 Å². The molecule has 1 aromatic heterocycles. The molecule has 152 valence electrons. The maximum Gasteiger partial charge on any atom is 0.410 e. The number of nitrogens with one attached hydrogen (secondary N) is 1. The number of nitrogens with zero attached hydrogens (tertiary/aromatic N) is 3. The van der Waals surface area contributed by atoms with Crippen molar-refractivity contribution in [1.29, 1.82) is 0 Å². The third-order valence-corrected chi connectivity index (χ3v) is 4.76. The summed E-state index contributed by atoms with van der Waals surface area (Å²) in [5, 5.41) is 3.36. The van der Waals surface area contributed by atoms with Gasteiger partial charge < -0.3 is 19.7 Å². The molecule has 3 heterocycles. The first-order valence-corrected chi connectivity index (χ1v) is 9.82. The van der Waals surface area contributed by atoms with E-state index in [1.54, 1.807) is 4.90 Å². The Balaban J connectivity index is 1.53. The summed E-state index contributed by atoms with van der Waals surface area (Å²) in [5.74, 6) is 1.28. The van der Waals surface area contributed by atoms with Gasteiger partial charge in [-0.1, -0.05) is 0 Å². The zero-order valence-electron chi connectivity index (χ0n) is 17.3. The monoisotopic (exact) mass is 394 g/mol. The van der Waals surface area contributed by atoms with E-state index in [2.05, 4.69) is 21.4 Å². The lowest BCUT2D eigenvalue weighted by atomic mass is 10.1. The molecule has 29 heavy (non-hydrogen) atoms. The summed E-state index contributed by atoms with van der Waals surface area (Å²) < 4.78 is 11.6. The third-order valence-electron chi connectivity index (χ3n) is 4.76. The van der Waals surface area contributed by atoms with Crippen LogP contribution in [0.4, 0.5) is 4.79 Å². The van der Waals surface area contributed by atoms with E-state index >= 15 is 0 Å². The Morgan fingerprint density at radius 3 is 2.83 bits per heavy atom. The number of aromatic nitrogens is 2. The van der Waals surface area contributed by atoms with Crippen LogP contribution in [0.3, 0.4) is 0 Å². The first kappa shape index (κ1) is 19.2. The topological polar surface area (TPSA) is 76.6 Å². The van der Waals surface area contributed by atoms with Gasteiger partial charge in [0.1, 0.15) is 17.7 Å². The van der Waals surface area contributed by atoms with Crippen LogP contribution < -0.4 is 10.1 Å². The number of hydrogen-bond donors (Lipinski definition) is 1. The van der Waals surface area contributed by atoms with E-state index in [-0.39, 0.29) is 6.09 Å². The average molecular weight is 394 g/mol. The molecule has 7 nitrogen and oxygen atoms in total. The summed E-state index contributed by atoms with van der Waals surface area (Å²) in [6, 6.07) is 0. The number of amides is 1. The van der Waals surface area contributed by atoms with Gasteiger partial charge in [0.05, 0.1) is 12.2 Å². The molecule has 3 aliphatic rings. The Morgan fingerprint density at radius 2 is 2.03 bits per heavy atom. The highest BCUT2D eigenvalue weighted by Crippen LogP contribution is 2.29. The average Bonchev–Trinajstić information content (AvgIpc) is 2.77. The molecule has 0 radical (unpaired) electrons. The van der Waals surface area contributed by atoms with Crippen molar-refractivity contribution in [3.8, 4) is 5.88 Å². The van der Waals surface area contributed by atoms with Crippen molar-refractivity contribution in [3.63, 3.8) is 0 Å². The zero-order valence-corrected chi connectivity index (χ0v) is 17.3. The lowest BCUT2D eigenvalue weighted by Crippen LogP contribution is -2.40. The standard InChI is InChI=1S/C22H26N4O3/c1-14-9-15-10-16(25-14)5-6-17(11-15)28-20-18-7-8-26(12-19(18)23-13-24-20)21(27)29-22(2,3)4/h5-6,9,11,13,25H,7-8,10,12H2,1-4H3. The van der Waals surface area contributed by atoms with E-state index in [0.29, 0.717) is 25.4 Å². The van der Waals surface area contributed by atoms with Crippen LogP contribution in [0.5, 0.6) is 5.88 Å². The van der Waals surface area contributed by atoms with Crippen LogP contribution in [-0.4, -0.2) is 33.1 Å². The molecule has 4 rings (SSSR count). The van der Waals surface area contributed by atoms with Crippen LogP contribution in [0.25, 0.3) is 0 Å². The van der Waals surface area contributed by atoms with Gasteiger partial charge in [0, 0.05) is 29.9 Å². The van der Waals surface area contributed by atoms with Crippen LogP contribution in [-0.2, 0) is 17.7 Å². The molecule has 0 saturated carbocycles. The molecule has 0 aromatic carbocycles. The molecule has 7 heteroatoms. The summed E-state index contributed by atoms with van der Waals surface area (Å²) in [4.78, 5) is 22.8. The Kier molecular flexibility index (Phi) is 4.90. The van der Waals surface area contributed by atoms with Crippen molar-refractivity contribution in [1.82, 2.24) is 20.2 Å². The van der Waals surface area contributed by atoms with E-state index in [0.717, 1.165) is 34.8 Å². The van der Waals surface area contributed by atoms with Gasteiger partial charge in [-0.3, -0.25) is 0 Å². The second-order valence-corrected chi connectivity index (χ2v) is 8.47. The van der Waals surface area contributed by atoms with Crippen molar-refractivity contribution >= 4 is 6.09 Å². The van der Waals surface area contributed by atoms with Gasteiger partial charge in [0.15, 0.2) is 0 Å². The second kappa shape index (κ2) is 7.39. The molecule has 1 aliphatic carbocycles. The molecular weight excluding hydrogens is 368 g/mol. The van der Waals surface area contributed by atoms with Crippen LogP contribution >= 0.6 is 0 Å². The number of hydrogen-bond acceptors (Lipinski definition) is 6.